The molecule has 5 N–H and O–H groups in total. The van der Waals surface area contributed by atoms with E-state index < -0.39 is 11.1 Å². The number of piperidine rings is 1. The van der Waals surface area contributed by atoms with Gasteiger partial charge in [-0.25, -0.2) is 9.59 Å². The lowest BCUT2D eigenvalue weighted by Crippen LogP contribution is -2.55. The summed E-state index contributed by atoms with van der Waals surface area (Å²) >= 11 is 0. The second-order valence-electron chi connectivity index (χ2n) is 12.2. The maximum Gasteiger partial charge on any atom is 0.354 e. The van der Waals surface area contributed by atoms with Crippen LogP contribution in [0.1, 0.15) is 26.3 Å². The van der Waals surface area contributed by atoms with E-state index in [1.165, 1.54) is 10.1 Å². The fourth-order valence-corrected chi connectivity index (χ4v) is 6.14. The van der Waals surface area contributed by atoms with Crippen molar-refractivity contribution in [1.82, 2.24) is 24.3 Å². The largest absolute Gasteiger partial charge is 0.354 e. The third-order valence-electron chi connectivity index (χ3n) is 9.02. The molecule has 2 saturated heterocycles. The smallest absolute Gasteiger partial charge is 0.339 e. The molecular formula is C29H42N8O3. The molecule has 3 amide bonds. The maximum atomic E-state index is 12.8. The van der Waals surface area contributed by atoms with Crippen molar-refractivity contribution < 1.29 is 9.59 Å². The summed E-state index contributed by atoms with van der Waals surface area (Å²) in [5.74, 6) is 2.50. The molecule has 5 rings (SSSR count). The van der Waals surface area contributed by atoms with Crippen LogP contribution in [-0.2, 0) is 11.2 Å². The molecule has 0 spiro atoms. The van der Waals surface area contributed by atoms with E-state index in [-0.39, 0.29) is 24.3 Å². The van der Waals surface area contributed by atoms with E-state index in [0.717, 1.165) is 49.5 Å². The average Bonchev–Trinajstić information content (AvgIpc) is 3.42. The van der Waals surface area contributed by atoms with Gasteiger partial charge in [0.15, 0.2) is 0 Å². The molecule has 0 radical (unpaired) electrons. The molecule has 11 heteroatoms. The first-order valence-corrected chi connectivity index (χ1v) is 14.3. The summed E-state index contributed by atoms with van der Waals surface area (Å²) in [6.07, 6.45) is 2.58. The van der Waals surface area contributed by atoms with Crippen molar-refractivity contribution in [2.24, 2.45) is 34.6 Å². The van der Waals surface area contributed by atoms with Gasteiger partial charge in [-0.1, -0.05) is 12.1 Å². The first-order chi connectivity index (χ1) is 19.1. The summed E-state index contributed by atoms with van der Waals surface area (Å²) in [4.78, 5) is 48.2. The summed E-state index contributed by atoms with van der Waals surface area (Å²) < 4.78 is 1.47. The predicted octanol–water partition coefficient (Wildman–Crippen LogP) is 0.961. The number of rotatable bonds is 8. The monoisotopic (exact) mass is 550 g/mol. The number of benzene rings is 1. The van der Waals surface area contributed by atoms with Crippen molar-refractivity contribution in [2.75, 3.05) is 57.7 Å². The van der Waals surface area contributed by atoms with Gasteiger partial charge in [-0.3, -0.25) is 19.6 Å². The Morgan fingerprint density at radius 3 is 2.23 bits per heavy atom. The van der Waals surface area contributed by atoms with E-state index in [1.54, 1.807) is 22.1 Å². The van der Waals surface area contributed by atoms with Gasteiger partial charge in [0.25, 0.3) is 0 Å². The van der Waals surface area contributed by atoms with Gasteiger partial charge in [-0.15, -0.1) is 0 Å². The minimum Gasteiger partial charge on any atom is -0.339 e. The molecule has 3 fully saturated rings. The van der Waals surface area contributed by atoms with Crippen LogP contribution in [-0.4, -0.2) is 94.6 Å². The van der Waals surface area contributed by atoms with Gasteiger partial charge in [-0.05, 0) is 75.3 Å². The number of aromatic nitrogens is 2. The number of amides is 3. The van der Waals surface area contributed by atoms with Crippen LogP contribution < -0.4 is 22.5 Å². The molecule has 1 saturated carbocycles. The van der Waals surface area contributed by atoms with Gasteiger partial charge in [0, 0.05) is 58.1 Å². The zero-order chi connectivity index (χ0) is 28.6. The van der Waals surface area contributed by atoms with Crippen molar-refractivity contribution >= 4 is 17.8 Å². The molecule has 11 nitrogen and oxygen atoms in total. The highest BCUT2D eigenvalue weighted by Gasteiger charge is 2.55. The van der Waals surface area contributed by atoms with E-state index in [4.69, 9.17) is 11.5 Å². The number of urea groups is 1. The van der Waals surface area contributed by atoms with Crippen molar-refractivity contribution in [3.63, 3.8) is 0 Å². The van der Waals surface area contributed by atoms with E-state index in [2.05, 4.69) is 34.3 Å². The normalized spacial score (nSPS) is 23.6. The van der Waals surface area contributed by atoms with E-state index >= 15 is 0 Å². The Morgan fingerprint density at radius 2 is 1.65 bits per heavy atom. The molecule has 2 unspecified atom stereocenters. The van der Waals surface area contributed by atoms with Crippen LogP contribution in [0.2, 0.25) is 0 Å². The summed E-state index contributed by atoms with van der Waals surface area (Å²) in [6.45, 7) is 11.0. The maximum absolute atomic E-state index is 12.8. The number of piperazine rings is 1. The fourth-order valence-electron chi connectivity index (χ4n) is 6.14. The number of hydrogen-bond acceptors (Lipinski definition) is 7. The van der Waals surface area contributed by atoms with Gasteiger partial charge in [0.1, 0.15) is 5.82 Å². The molecule has 2 aromatic rings. The number of anilines is 1. The average molecular weight is 551 g/mol. The van der Waals surface area contributed by atoms with Gasteiger partial charge >= 0.3 is 11.7 Å². The highest BCUT2D eigenvalue weighted by Crippen LogP contribution is 2.51. The Balaban J connectivity index is 1.13. The summed E-state index contributed by atoms with van der Waals surface area (Å²) in [5, 5.41) is 2.71. The Labute approximate surface area is 235 Å². The molecule has 1 aromatic heterocycles. The lowest BCUT2D eigenvalue weighted by Gasteiger charge is -2.38. The van der Waals surface area contributed by atoms with Gasteiger partial charge in [0.05, 0.1) is 11.1 Å². The third-order valence-corrected chi connectivity index (χ3v) is 9.02. The summed E-state index contributed by atoms with van der Waals surface area (Å²) in [5.41, 5.74) is 12.4. The van der Waals surface area contributed by atoms with Crippen molar-refractivity contribution in [3.05, 3.63) is 52.6 Å². The zero-order valence-electron chi connectivity index (χ0n) is 23.8. The molecular weight excluding hydrogens is 508 g/mol. The number of nitrogens with two attached hydrogens (primary N) is 2. The van der Waals surface area contributed by atoms with Crippen LogP contribution in [0.15, 0.2) is 41.3 Å². The van der Waals surface area contributed by atoms with Crippen molar-refractivity contribution in [1.29, 1.82) is 0 Å². The minimum absolute atomic E-state index is 0.00760. The van der Waals surface area contributed by atoms with E-state index in [1.807, 2.05) is 26.0 Å². The van der Waals surface area contributed by atoms with E-state index in [0.29, 0.717) is 32.2 Å². The lowest BCUT2D eigenvalue weighted by atomic mass is 9.91. The highest BCUT2D eigenvalue weighted by molar-refractivity contribution is 5.88. The molecule has 40 heavy (non-hydrogen) atoms. The number of fused-ring (bicyclic) bond motifs is 1. The molecule has 0 bridgehead atoms. The van der Waals surface area contributed by atoms with Crippen LogP contribution in [0.4, 0.5) is 10.6 Å². The predicted molar refractivity (Wildman–Crippen MR) is 154 cm³/mol. The first-order valence-electron chi connectivity index (χ1n) is 14.3. The third kappa shape index (κ3) is 5.77. The Morgan fingerprint density at radius 1 is 1.02 bits per heavy atom. The Hall–Kier alpha value is -3.28. The second-order valence-corrected chi connectivity index (χ2v) is 12.2. The molecule has 2 aliphatic heterocycles. The summed E-state index contributed by atoms with van der Waals surface area (Å²) in [6, 6.07) is 9.72. The Bertz CT molecular complexity index is 1270. The second kappa shape index (κ2) is 11.3. The molecule has 1 aliphatic carbocycles. The van der Waals surface area contributed by atoms with Crippen molar-refractivity contribution in [3.8, 4) is 5.69 Å². The minimum atomic E-state index is -0.625. The topological polar surface area (TPSA) is 143 Å². The summed E-state index contributed by atoms with van der Waals surface area (Å²) in [7, 11) is 0. The van der Waals surface area contributed by atoms with Crippen LogP contribution in [0, 0.1) is 23.2 Å². The van der Waals surface area contributed by atoms with Gasteiger partial charge < -0.3 is 21.3 Å². The van der Waals surface area contributed by atoms with Crippen LogP contribution in [0.25, 0.3) is 5.69 Å². The molecule has 3 aliphatic rings. The van der Waals surface area contributed by atoms with Crippen LogP contribution in [0.5, 0.6) is 0 Å². The molecule has 4 atom stereocenters. The number of carbonyl (C=O) groups excluding carboxylic acids is 2. The SMILES string of the molecule is CC(Cc1ccc(-n2ccc(NC(=O)N3CCN(C(=O)C(C)(C)CN)CC3)nc2=O)cc1)N1C[C@@H]2C(CN)[C@@H]2C1. The molecule has 3 heterocycles. The number of carbonyl (C=O) groups is 2. The Kier molecular flexibility index (Phi) is 7.98. The number of nitrogens with one attached hydrogen (secondary N) is 1. The van der Waals surface area contributed by atoms with Crippen LogP contribution >= 0.6 is 0 Å². The van der Waals surface area contributed by atoms with Crippen molar-refractivity contribution in [2.45, 2.75) is 33.2 Å². The lowest BCUT2D eigenvalue weighted by molar-refractivity contribution is -0.141. The fraction of sp³-hybridized carbons (Fsp3) is 0.586. The number of nitrogens with zero attached hydrogens (tertiary/aromatic N) is 5. The van der Waals surface area contributed by atoms with Crippen LogP contribution in [0.3, 0.4) is 0 Å². The number of hydrogen-bond donors (Lipinski definition) is 3. The quantitative estimate of drug-likeness (QED) is 0.444. The van der Waals surface area contributed by atoms with Gasteiger partial charge in [0.2, 0.25) is 5.91 Å². The first kappa shape index (κ1) is 28.3. The standard InChI is InChI=1S/C29H42N8O3/c1-19(36-16-23-22(15-30)24(23)17-36)14-20-4-6-21(7-5-20)37-9-8-25(33-28(37)40)32-27(39)35-12-10-34(11-13-35)26(38)29(2,3)18-31/h4-9,19,22-24H,10-18,30-31H2,1-3H3,(H,32,33,39,40)/t19?,22?,23-,24+. The van der Waals surface area contributed by atoms with E-state index in [9.17, 15) is 14.4 Å². The number of likely N-dealkylation sites (tertiary alicyclic amines) is 1. The highest BCUT2D eigenvalue weighted by atomic mass is 16.2. The zero-order valence-corrected chi connectivity index (χ0v) is 23.8. The van der Waals surface area contributed by atoms with Gasteiger partial charge in [-0.2, -0.15) is 4.98 Å². The molecule has 1 aromatic carbocycles. The molecule has 216 valence electrons.